The van der Waals surface area contributed by atoms with Gasteiger partial charge in [-0.25, -0.2) is 9.18 Å². The summed E-state index contributed by atoms with van der Waals surface area (Å²) in [5.74, 6) is -1.16. The highest BCUT2D eigenvalue weighted by Crippen LogP contribution is 2.27. The second-order valence-corrected chi connectivity index (χ2v) is 5.07. The summed E-state index contributed by atoms with van der Waals surface area (Å²) in [7, 11) is 0. The fourth-order valence-corrected chi connectivity index (χ4v) is 2.49. The third-order valence-corrected chi connectivity index (χ3v) is 3.57. The predicted molar refractivity (Wildman–Crippen MR) is 77.1 cm³/mol. The summed E-state index contributed by atoms with van der Waals surface area (Å²) in [5, 5.41) is 0. The minimum atomic E-state index is -0.845. The largest absolute Gasteiger partial charge is 0.454 e. The molecule has 0 bridgehead atoms. The number of halogens is 1. The summed E-state index contributed by atoms with van der Waals surface area (Å²) < 4.78 is 18.0. The Morgan fingerprint density at radius 1 is 1.05 bits per heavy atom. The standard InChI is InChI=1S/C17H14FNO3/c18-14-8-6-13(7-9-14)16-17(21)22-11-15(20)19(16)10-12-4-2-1-3-5-12/h1-9,16H,10-11H2. The van der Waals surface area contributed by atoms with Crippen molar-refractivity contribution in [2.24, 2.45) is 0 Å². The van der Waals surface area contributed by atoms with E-state index in [1.165, 1.54) is 29.2 Å². The van der Waals surface area contributed by atoms with Crippen molar-refractivity contribution in [3.8, 4) is 0 Å². The molecular weight excluding hydrogens is 285 g/mol. The van der Waals surface area contributed by atoms with Crippen LogP contribution in [-0.4, -0.2) is 23.4 Å². The normalized spacial score (nSPS) is 18.2. The molecule has 1 saturated heterocycles. The number of benzene rings is 2. The van der Waals surface area contributed by atoms with Gasteiger partial charge in [-0.15, -0.1) is 0 Å². The molecule has 5 heteroatoms. The average molecular weight is 299 g/mol. The van der Waals surface area contributed by atoms with E-state index in [-0.39, 0.29) is 12.5 Å². The van der Waals surface area contributed by atoms with E-state index in [0.29, 0.717) is 12.1 Å². The van der Waals surface area contributed by atoms with Crippen molar-refractivity contribution in [3.63, 3.8) is 0 Å². The second-order valence-electron chi connectivity index (χ2n) is 5.07. The maximum atomic E-state index is 13.1. The molecule has 1 unspecified atom stereocenters. The van der Waals surface area contributed by atoms with Crippen LogP contribution in [0.3, 0.4) is 0 Å². The van der Waals surface area contributed by atoms with Gasteiger partial charge >= 0.3 is 5.97 Å². The van der Waals surface area contributed by atoms with Gasteiger partial charge in [0.25, 0.3) is 5.91 Å². The molecule has 1 amide bonds. The first-order valence-corrected chi connectivity index (χ1v) is 6.90. The van der Waals surface area contributed by atoms with E-state index in [4.69, 9.17) is 4.74 Å². The molecule has 0 aliphatic carbocycles. The molecule has 1 atom stereocenters. The van der Waals surface area contributed by atoms with Crippen molar-refractivity contribution in [1.29, 1.82) is 0 Å². The van der Waals surface area contributed by atoms with Crippen molar-refractivity contribution in [2.45, 2.75) is 12.6 Å². The van der Waals surface area contributed by atoms with Gasteiger partial charge < -0.3 is 9.64 Å². The van der Waals surface area contributed by atoms with Crippen LogP contribution in [0.25, 0.3) is 0 Å². The zero-order valence-corrected chi connectivity index (χ0v) is 11.7. The third-order valence-electron chi connectivity index (χ3n) is 3.57. The van der Waals surface area contributed by atoms with Gasteiger partial charge in [0.15, 0.2) is 12.6 Å². The van der Waals surface area contributed by atoms with E-state index in [1.54, 1.807) is 0 Å². The molecule has 3 rings (SSSR count). The maximum Gasteiger partial charge on any atom is 0.334 e. The minimum absolute atomic E-state index is 0.261. The lowest BCUT2D eigenvalue weighted by Crippen LogP contribution is -2.46. The van der Waals surface area contributed by atoms with Crippen LogP contribution >= 0.6 is 0 Å². The highest BCUT2D eigenvalue weighted by atomic mass is 19.1. The summed E-state index contributed by atoms with van der Waals surface area (Å²) >= 11 is 0. The van der Waals surface area contributed by atoms with Gasteiger partial charge in [-0.3, -0.25) is 4.79 Å². The smallest absolute Gasteiger partial charge is 0.334 e. The number of amides is 1. The topological polar surface area (TPSA) is 46.6 Å². The molecule has 1 aliphatic rings. The van der Waals surface area contributed by atoms with Gasteiger partial charge in [-0.2, -0.15) is 0 Å². The fourth-order valence-electron chi connectivity index (χ4n) is 2.49. The van der Waals surface area contributed by atoms with Crippen LogP contribution in [0.1, 0.15) is 17.2 Å². The van der Waals surface area contributed by atoms with Gasteiger partial charge in [0.05, 0.1) is 0 Å². The number of carbonyl (C=O) groups is 2. The lowest BCUT2D eigenvalue weighted by Gasteiger charge is -2.34. The van der Waals surface area contributed by atoms with E-state index in [1.807, 2.05) is 30.3 Å². The van der Waals surface area contributed by atoms with Gasteiger partial charge in [-0.1, -0.05) is 42.5 Å². The number of morpholine rings is 1. The minimum Gasteiger partial charge on any atom is -0.454 e. The Morgan fingerprint density at radius 3 is 2.41 bits per heavy atom. The zero-order valence-electron chi connectivity index (χ0n) is 11.7. The lowest BCUT2D eigenvalue weighted by atomic mass is 10.0. The summed E-state index contributed by atoms with van der Waals surface area (Å²) in [5.41, 5.74) is 1.45. The molecule has 2 aromatic carbocycles. The lowest BCUT2D eigenvalue weighted by molar-refractivity contribution is -0.170. The number of ether oxygens (including phenoxy) is 1. The number of cyclic esters (lactones) is 1. The van der Waals surface area contributed by atoms with Crippen LogP contribution in [0, 0.1) is 5.82 Å². The van der Waals surface area contributed by atoms with Crippen LogP contribution in [0.15, 0.2) is 54.6 Å². The number of carbonyl (C=O) groups excluding carboxylic acids is 2. The van der Waals surface area contributed by atoms with Crippen molar-refractivity contribution in [2.75, 3.05) is 6.61 Å². The summed E-state index contributed by atoms with van der Waals surface area (Å²) in [6.07, 6.45) is 0. The number of esters is 1. The summed E-state index contributed by atoms with van der Waals surface area (Å²) in [6, 6.07) is 14.1. The molecule has 0 radical (unpaired) electrons. The first kappa shape index (κ1) is 14.3. The SMILES string of the molecule is O=C1OCC(=O)N(Cc2ccccc2)C1c1ccc(F)cc1. The Hall–Kier alpha value is -2.69. The molecule has 0 aromatic heterocycles. The number of hydrogen-bond donors (Lipinski definition) is 0. The first-order chi connectivity index (χ1) is 10.6. The Kier molecular flexibility index (Phi) is 3.87. The van der Waals surface area contributed by atoms with Crippen LogP contribution in [0.5, 0.6) is 0 Å². The average Bonchev–Trinajstić information content (AvgIpc) is 2.53. The van der Waals surface area contributed by atoms with E-state index in [0.717, 1.165) is 5.56 Å². The molecule has 112 valence electrons. The van der Waals surface area contributed by atoms with E-state index in [9.17, 15) is 14.0 Å². The van der Waals surface area contributed by atoms with Gasteiger partial charge in [0.1, 0.15) is 5.82 Å². The molecule has 22 heavy (non-hydrogen) atoms. The molecule has 1 aliphatic heterocycles. The molecule has 0 saturated carbocycles. The Bertz CT molecular complexity index is 685. The highest BCUT2D eigenvalue weighted by Gasteiger charge is 2.37. The van der Waals surface area contributed by atoms with Gasteiger partial charge in [0.2, 0.25) is 0 Å². The van der Waals surface area contributed by atoms with Crippen molar-refractivity contribution in [3.05, 3.63) is 71.5 Å². The number of rotatable bonds is 3. The van der Waals surface area contributed by atoms with Gasteiger partial charge in [-0.05, 0) is 23.3 Å². The summed E-state index contributed by atoms with van der Waals surface area (Å²) in [4.78, 5) is 25.8. The molecule has 0 spiro atoms. The monoisotopic (exact) mass is 299 g/mol. The molecule has 1 heterocycles. The fraction of sp³-hybridized carbons (Fsp3) is 0.176. The highest BCUT2D eigenvalue weighted by molar-refractivity contribution is 5.91. The van der Waals surface area contributed by atoms with Crippen LogP contribution < -0.4 is 0 Å². The van der Waals surface area contributed by atoms with Gasteiger partial charge in [0, 0.05) is 6.54 Å². The van der Waals surface area contributed by atoms with Crippen molar-refractivity contribution in [1.82, 2.24) is 4.90 Å². The van der Waals surface area contributed by atoms with Crippen molar-refractivity contribution >= 4 is 11.9 Å². The Morgan fingerprint density at radius 2 is 1.73 bits per heavy atom. The Labute approximate surface area is 127 Å². The van der Waals surface area contributed by atoms with E-state index in [2.05, 4.69) is 0 Å². The molecule has 2 aromatic rings. The zero-order chi connectivity index (χ0) is 15.5. The van der Waals surface area contributed by atoms with Crippen LogP contribution in [-0.2, 0) is 20.9 Å². The van der Waals surface area contributed by atoms with E-state index < -0.39 is 17.8 Å². The second kappa shape index (κ2) is 5.97. The van der Waals surface area contributed by atoms with E-state index >= 15 is 0 Å². The van der Waals surface area contributed by atoms with Crippen LogP contribution in [0.4, 0.5) is 4.39 Å². The quantitative estimate of drug-likeness (QED) is 0.818. The third kappa shape index (κ3) is 2.83. The summed E-state index contributed by atoms with van der Waals surface area (Å²) in [6.45, 7) is 0.0418. The van der Waals surface area contributed by atoms with Crippen molar-refractivity contribution < 1.29 is 18.7 Å². The molecular formula is C17H14FNO3. The molecule has 1 fully saturated rings. The first-order valence-electron chi connectivity index (χ1n) is 6.90. The number of nitrogens with zero attached hydrogens (tertiary/aromatic N) is 1. The van der Waals surface area contributed by atoms with Crippen LogP contribution in [0.2, 0.25) is 0 Å². The molecule has 4 nitrogen and oxygen atoms in total. The predicted octanol–water partition coefficient (Wildman–Crippen LogP) is 2.45. The number of hydrogen-bond acceptors (Lipinski definition) is 3. The Balaban J connectivity index is 1.93. The maximum absolute atomic E-state index is 13.1. The molecule has 0 N–H and O–H groups in total.